The van der Waals surface area contributed by atoms with Crippen molar-refractivity contribution in [2.45, 2.75) is 12.8 Å². The molecule has 1 amide bonds. The molecule has 0 bridgehead atoms. The molecule has 2 rings (SSSR count). The quantitative estimate of drug-likeness (QED) is 0.334. The SMILES string of the molecule is COc1cc(/C(N)=N/O)ccc1NC(=O)C1CCOCC1. The number of nitrogens with one attached hydrogen (secondary N) is 1. The number of anilines is 1. The molecular formula is C14H19N3O4. The number of amidine groups is 1. The summed E-state index contributed by atoms with van der Waals surface area (Å²) in [6, 6.07) is 4.93. The van der Waals surface area contributed by atoms with Crippen molar-refractivity contribution < 1.29 is 19.5 Å². The fourth-order valence-corrected chi connectivity index (χ4v) is 2.21. The molecule has 7 heteroatoms. The average molecular weight is 293 g/mol. The number of hydrogen-bond acceptors (Lipinski definition) is 5. The summed E-state index contributed by atoms with van der Waals surface area (Å²) in [4.78, 5) is 12.2. The molecule has 0 atom stereocenters. The minimum Gasteiger partial charge on any atom is -0.495 e. The molecular weight excluding hydrogens is 274 g/mol. The Morgan fingerprint density at radius 1 is 1.48 bits per heavy atom. The van der Waals surface area contributed by atoms with E-state index in [0.29, 0.717) is 30.2 Å². The van der Waals surface area contributed by atoms with Crippen molar-refractivity contribution in [3.8, 4) is 5.75 Å². The molecule has 0 aromatic heterocycles. The van der Waals surface area contributed by atoms with Gasteiger partial charge in [0.05, 0.1) is 12.8 Å². The Morgan fingerprint density at radius 3 is 2.81 bits per heavy atom. The molecule has 114 valence electrons. The summed E-state index contributed by atoms with van der Waals surface area (Å²) in [7, 11) is 1.50. The third-order valence-corrected chi connectivity index (χ3v) is 3.45. The maximum atomic E-state index is 12.2. The second kappa shape index (κ2) is 6.94. The predicted molar refractivity (Wildman–Crippen MR) is 77.7 cm³/mol. The van der Waals surface area contributed by atoms with Crippen LogP contribution in [0.25, 0.3) is 0 Å². The van der Waals surface area contributed by atoms with E-state index in [2.05, 4.69) is 10.5 Å². The van der Waals surface area contributed by atoms with Crippen LogP contribution in [0.15, 0.2) is 23.4 Å². The molecule has 1 fully saturated rings. The van der Waals surface area contributed by atoms with Gasteiger partial charge in [-0.05, 0) is 31.0 Å². The summed E-state index contributed by atoms with van der Waals surface area (Å²) < 4.78 is 10.5. The molecule has 0 aliphatic carbocycles. The van der Waals surface area contributed by atoms with Crippen molar-refractivity contribution >= 4 is 17.4 Å². The molecule has 1 aromatic rings. The largest absolute Gasteiger partial charge is 0.495 e. The van der Waals surface area contributed by atoms with Crippen LogP contribution in [0.4, 0.5) is 5.69 Å². The highest BCUT2D eigenvalue weighted by Crippen LogP contribution is 2.27. The number of rotatable bonds is 4. The molecule has 7 nitrogen and oxygen atoms in total. The van der Waals surface area contributed by atoms with E-state index in [-0.39, 0.29) is 17.7 Å². The molecule has 1 saturated heterocycles. The van der Waals surface area contributed by atoms with Gasteiger partial charge in [0.15, 0.2) is 5.84 Å². The zero-order valence-electron chi connectivity index (χ0n) is 11.8. The summed E-state index contributed by atoms with van der Waals surface area (Å²) in [5, 5.41) is 14.5. The summed E-state index contributed by atoms with van der Waals surface area (Å²) in [5.74, 6) is 0.343. The van der Waals surface area contributed by atoms with E-state index in [0.717, 1.165) is 12.8 Å². The van der Waals surface area contributed by atoms with Gasteiger partial charge in [-0.3, -0.25) is 4.79 Å². The third kappa shape index (κ3) is 3.63. The van der Waals surface area contributed by atoms with Gasteiger partial charge in [-0.2, -0.15) is 0 Å². The van der Waals surface area contributed by atoms with Gasteiger partial charge in [-0.15, -0.1) is 0 Å². The number of benzene rings is 1. The minimum atomic E-state index is -0.0489. The van der Waals surface area contributed by atoms with Crippen molar-refractivity contribution in [1.29, 1.82) is 0 Å². The lowest BCUT2D eigenvalue weighted by atomic mass is 9.99. The summed E-state index contributed by atoms with van der Waals surface area (Å²) in [5.41, 5.74) is 6.60. The second-order valence-electron chi connectivity index (χ2n) is 4.78. The van der Waals surface area contributed by atoms with Crippen LogP contribution < -0.4 is 15.8 Å². The number of nitrogens with zero attached hydrogens (tertiary/aromatic N) is 1. The van der Waals surface area contributed by atoms with Crippen LogP contribution in [0.5, 0.6) is 5.75 Å². The molecule has 0 saturated carbocycles. The zero-order valence-corrected chi connectivity index (χ0v) is 11.8. The van der Waals surface area contributed by atoms with Crippen LogP contribution >= 0.6 is 0 Å². The summed E-state index contributed by atoms with van der Waals surface area (Å²) in [6.07, 6.45) is 1.44. The number of nitrogens with two attached hydrogens (primary N) is 1. The first kappa shape index (κ1) is 15.1. The van der Waals surface area contributed by atoms with E-state index >= 15 is 0 Å². The van der Waals surface area contributed by atoms with E-state index in [1.54, 1.807) is 18.2 Å². The molecule has 4 N–H and O–H groups in total. The first-order valence-electron chi connectivity index (χ1n) is 6.70. The monoisotopic (exact) mass is 293 g/mol. The number of carbonyl (C=O) groups excluding carboxylic acids is 1. The van der Waals surface area contributed by atoms with Crippen LogP contribution in [0.2, 0.25) is 0 Å². The molecule has 1 aliphatic heterocycles. The van der Waals surface area contributed by atoms with E-state index in [9.17, 15) is 4.79 Å². The van der Waals surface area contributed by atoms with Crippen molar-refractivity contribution in [1.82, 2.24) is 0 Å². The van der Waals surface area contributed by atoms with Crippen molar-refractivity contribution in [3.63, 3.8) is 0 Å². The van der Waals surface area contributed by atoms with E-state index in [1.165, 1.54) is 7.11 Å². The molecule has 0 radical (unpaired) electrons. The van der Waals surface area contributed by atoms with Crippen LogP contribution in [-0.2, 0) is 9.53 Å². The van der Waals surface area contributed by atoms with Crippen molar-refractivity contribution in [2.75, 3.05) is 25.6 Å². The van der Waals surface area contributed by atoms with Crippen molar-refractivity contribution in [2.24, 2.45) is 16.8 Å². The van der Waals surface area contributed by atoms with Gasteiger partial charge in [0.2, 0.25) is 5.91 Å². The number of methoxy groups -OCH3 is 1. The van der Waals surface area contributed by atoms with Crippen molar-refractivity contribution in [3.05, 3.63) is 23.8 Å². The molecule has 1 aromatic carbocycles. The normalized spacial score (nSPS) is 16.5. The molecule has 21 heavy (non-hydrogen) atoms. The Kier molecular flexibility index (Phi) is 4.99. The number of ether oxygens (including phenoxy) is 2. The van der Waals surface area contributed by atoms with Gasteiger partial charge in [-0.1, -0.05) is 5.16 Å². The lowest BCUT2D eigenvalue weighted by molar-refractivity contribution is -0.122. The van der Waals surface area contributed by atoms with Gasteiger partial charge in [0, 0.05) is 24.7 Å². The molecule has 0 unspecified atom stereocenters. The van der Waals surface area contributed by atoms with Crippen LogP contribution in [0.3, 0.4) is 0 Å². The fraction of sp³-hybridized carbons (Fsp3) is 0.429. The number of oxime groups is 1. The van der Waals surface area contributed by atoms with Crippen LogP contribution in [0, 0.1) is 5.92 Å². The van der Waals surface area contributed by atoms with E-state index in [1.807, 2.05) is 0 Å². The maximum Gasteiger partial charge on any atom is 0.227 e. The average Bonchev–Trinajstić information content (AvgIpc) is 2.55. The second-order valence-corrected chi connectivity index (χ2v) is 4.78. The Bertz CT molecular complexity index is 539. The third-order valence-electron chi connectivity index (χ3n) is 3.45. The topological polar surface area (TPSA) is 106 Å². The highest BCUT2D eigenvalue weighted by Gasteiger charge is 2.22. The number of amides is 1. The first-order valence-corrected chi connectivity index (χ1v) is 6.70. The maximum absolute atomic E-state index is 12.2. The smallest absolute Gasteiger partial charge is 0.227 e. The van der Waals surface area contributed by atoms with Gasteiger partial charge in [0.25, 0.3) is 0 Å². The summed E-state index contributed by atoms with van der Waals surface area (Å²) in [6.45, 7) is 1.22. The number of carbonyl (C=O) groups is 1. The van der Waals surface area contributed by atoms with Crippen LogP contribution in [-0.4, -0.2) is 37.3 Å². The Labute approximate surface area is 122 Å². The molecule has 1 aliphatic rings. The van der Waals surface area contributed by atoms with Gasteiger partial charge < -0.3 is 25.7 Å². The van der Waals surface area contributed by atoms with E-state index < -0.39 is 0 Å². The minimum absolute atomic E-state index is 0.0180. The highest BCUT2D eigenvalue weighted by molar-refractivity contribution is 5.99. The van der Waals surface area contributed by atoms with Gasteiger partial charge >= 0.3 is 0 Å². The lowest BCUT2D eigenvalue weighted by Gasteiger charge is -2.21. The highest BCUT2D eigenvalue weighted by atomic mass is 16.5. The fourth-order valence-electron chi connectivity index (χ4n) is 2.21. The Hall–Kier alpha value is -2.28. The zero-order chi connectivity index (χ0) is 15.2. The van der Waals surface area contributed by atoms with E-state index in [4.69, 9.17) is 20.4 Å². The lowest BCUT2D eigenvalue weighted by Crippen LogP contribution is -2.28. The Morgan fingerprint density at radius 2 is 2.19 bits per heavy atom. The predicted octanol–water partition coefficient (Wildman–Crippen LogP) is 1.15. The molecule has 0 spiro atoms. The standard InChI is InChI=1S/C14H19N3O4/c1-20-12-8-10(13(15)17-19)2-3-11(12)16-14(18)9-4-6-21-7-5-9/h2-3,8-9,19H,4-7H2,1H3,(H2,15,17)(H,16,18). The number of hydrogen-bond donors (Lipinski definition) is 3. The van der Waals surface area contributed by atoms with Gasteiger partial charge in [0.1, 0.15) is 5.75 Å². The Balaban J connectivity index is 2.13. The summed E-state index contributed by atoms with van der Waals surface area (Å²) >= 11 is 0. The van der Waals surface area contributed by atoms with Gasteiger partial charge in [-0.25, -0.2) is 0 Å². The first-order chi connectivity index (χ1) is 10.2. The van der Waals surface area contributed by atoms with Crippen LogP contribution in [0.1, 0.15) is 18.4 Å². The molecule has 1 heterocycles.